The second kappa shape index (κ2) is 8.33. The summed E-state index contributed by atoms with van der Waals surface area (Å²) in [7, 11) is -3.61. The van der Waals surface area contributed by atoms with Crippen LogP contribution in [0.2, 0.25) is 0 Å². The zero-order chi connectivity index (χ0) is 20.4. The molecule has 2 fully saturated rings. The van der Waals surface area contributed by atoms with Crippen LogP contribution >= 0.6 is 11.3 Å². The van der Waals surface area contributed by atoms with Gasteiger partial charge < -0.3 is 4.42 Å². The topological polar surface area (TPSA) is 114 Å². The lowest BCUT2D eigenvalue weighted by Crippen LogP contribution is -2.46. The molecule has 4 rings (SSSR count). The molecule has 2 aliphatic rings. The normalized spacial score (nSPS) is 21.7. The summed E-state index contributed by atoms with van der Waals surface area (Å²) in [6.45, 7) is 0.577. The van der Waals surface area contributed by atoms with Crippen molar-refractivity contribution >= 4 is 33.2 Å². The lowest BCUT2D eigenvalue weighted by atomic mass is 10.00. The van der Waals surface area contributed by atoms with Crippen LogP contribution in [0.25, 0.3) is 10.8 Å². The van der Waals surface area contributed by atoms with Crippen molar-refractivity contribution in [1.29, 1.82) is 0 Å². The van der Waals surface area contributed by atoms with Gasteiger partial charge in [0.1, 0.15) is 0 Å². The second-order valence-electron chi connectivity index (χ2n) is 7.23. The number of piperidine rings is 2. The van der Waals surface area contributed by atoms with Crippen molar-refractivity contribution in [3.63, 3.8) is 0 Å². The molecule has 0 aliphatic carbocycles. The zero-order valence-electron chi connectivity index (χ0n) is 15.8. The Labute approximate surface area is 172 Å². The van der Waals surface area contributed by atoms with Crippen molar-refractivity contribution in [3.05, 3.63) is 23.4 Å². The van der Waals surface area contributed by atoms with Crippen LogP contribution in [0.5, 0.6) is 0 Å². The Morgan fingerprint density at radius 3 is 2.69 bits per heavy atom. The molecule has 2 saturated heterocycles. The molecule has 2 aromatic rings. The molecular weight excluding hydrogens is 416 g/mol. The molecule has 1 atom stereocenters. The number of imide groups is 1. The van der Waals surface area contributed by atoms with E-state index in [1.807, 2.05) is 17.5 Å². The number of amides is 2. The number of thiophene rings is 1. The van der Waals surface area contributed by atoms with Gasteiger partial charge in [0.05, 0.1) is 16.5 Å². The molecule has 2 amide bonds. The molecule has 0 aromatic carbocycles. The fourth-order valence-corrected chi connectivity index (χ4v) is 5.81. The first-order valence-electron chi connectivity index (χ1n) is 9.62. The molecule has 156 valence electrons. The van der Waals surface area contributed by atoms with E-state index in [-0.39, 0.29) is 36.6 Å². The van der Waals surface area contributed by atoms with E-state index in [0.717, 1.165) is 16.2 Å². The van der Waals surface area contributed by atoms with Gasteiger partial charge in [-0.05, 0) is 30.7 Å². The van der Waals surface area contributed by atoms with Crippen molar-refractivity contribution in [1.82, 2.24) is 19.4 Å². The van der Waals surface area contributed by atoms with Crippen LogP contribution in [0.3, 0.4) is 0 Å². The first kappa shape index (κ1) is 20.2. The highest BCUT2D eigenvalue weighted by Crippen LogP contribution is 2.31. The van der Waals surface area contributed by atoms with Gasteiger partial charge in [0, 0.05) is 32.5 Å². The standard InChI is InChI=1S/C18H22N4O5S2/c23-15-6-1-7-16(24)22(15)9-11-29(25,26)21-8-2-4-13(12-21)17-19-20-18(27-17)14-5-3-10-28-14/h3,5,10,13H,1-2,4,6-9,11-12H2. The summed E-state index contributed by atoms with van der Waals surface area (Å²) in [6, 6.07) is 3.79. The molecule has 2 aromatic heterocycles. The average Bonchev–Trinajstić information content (AvgIpc) is 3.39. The SMILES string of the molecule is O=C1CCCC(=O)N1CCS(=O)(=O)N1CCCC(c2nnc(-c3cccs3)o2)C1. The van der Waals surface area contributed by atoms with Crippen LogP contribution in [-0.4, -0.2) is 65.0 Å². The van der Waals surface area contributed by atoms with E-state index in [4.69, 9.17) is 4.42 Å². The summed E-state index contributed by atoms with van der Waals surface area (Å²) < 4.78 is 32.8. The first-order valence-corrected chi connectivity index (χ1v) is 12.1. The van der Waals surface area contributed by atoms with Crippen LogP contribution in [0.15, 0.2) is 21.9 Å². The van der Waals surface area contributed by atoms with E-state index in [9.17, 15) is 18.0 Å². The van der Waals surface area contributed by atoms with E-state index in [2.05, 4.69) is 10.2 Å². The van der Waals surface area contributed by atoms with Gasteiger partial charge in [-0.3, -0.25) is 14.5 Å². The zero-order valence-corrected chi connectivity index (χ0v) is 17.5. The molecule has 9 nitrogen and oxygen atoms in total. The van der Waals surface area contributed by atoms with Gasteiger partial charge in [-0.15, -0.1) is 21.5 Å². The Balaban J connectivity index is 1.41. The minimum absolute atomic E-state index is 0.0930. The van der Waals surface area contributed by atoms with Crippen LogP contribution in [-0.2, 0) is 19.6 Å². The van der Waals surface area contributed by atoms with Crippen LogP contribution in [0.4, 0.5) is 0 Å². The molecule has 0 bridgehead atoms. The molecule has 11 heteroatoms. The molecular formula is C18H22N4O5S2. The molecule has 0 radical (unpaired) electrons. The summed E-state index contributed by atoms with van der Waals surface area (Å²) in [5, 5.41) is 10.1. The largest absolute Gasteiger partial charge is 0.420 e. The molecule has 0 saturated carbocycles. The molecule has 1 unspecified atom stereocenters. The maximum atomic E-state index is 12.8. The lowest BCUT2D eigenvalue weighted by molar-refractivity contribution is -0.147. The number of sulfonamides is 1. The highest BCUT2D eigenvalue weighted by molar-refractivity contribution is 7.89. The van der Waals surface area contributed by atoms with Gasteiger partial charge in [0.25, 0.3) is 5.89 Å². The Bertz CT molecular complexity index is 970. The quantitative estimate of drug-likeness (QED) is 0.632. The summed E-state index contributed by atoms with van der Waals surface area (Å²) in [5.74, 6) is -0.133. The predicted molar refractivity (Wildman–Crippen MR) is 106 cm³/mol. The Hall–Kier alpha value is -2.11. The minimum atomic E-state index is -3.61. The van der Waals surface area contributed by atoms with Crippen LogP contribution < -0.4 is 0 Å². The van der Waals surface area contributed by atoms with Gasteiger partial charge in [0.2, 0.25) is 27.7 Å². The lowest BCUT2D eigenvalue weighted by Gasteiger charge is -2.31. The Kier molecular flexibility index (Phi) is 5.79. The summed E-state index contributed by atoms with van der Waals surface area (Å²) >= 11 is 1.50. The van der Waals surface area contributed by atoms with Crippen molar-refractivity contribution in [3.8, 4) is 10.8 Å². The molecule has 0 N–H and O–H groups in total. The highest BCUT2D eigenvalue weighted by Gasteiger charge is 2.34. The third kappa shape index (κ3) is 4.41. The van der Waals surface area contributed by atoms with Crippen molar-refractivity contribution in [2.75, 3.05) is 25.4 Å². The van der Waals surface area contributed by atoms with Crippen molar-refractivity contribution in [2.45, 2.75) is 38.0 Å². The maximum Gasteiger partial charge on any atom is 0.257 e. The number of hydrogen-bond donors (Lipinski definition) is 0. The smallest absolute Gasteiger partial charge is 0.257 e. The number of carbonyl (C=O) groups excluding carboxylic acids is 2. The second-order valence-corrected chi connectivity index (χ2v) is 10.3. The van der Waals surface area contributed by atoms with E-state index < -0.39 is 10.0 Å². The highest BCUT2D eigenvalue weighted by atomic mass is 32.2. The number of nitrogens with zero attached hydrogens (tertiary/aromatic N) is 4. The van der Waals surface area contributed by atoms with E-state index in [1.54, 1.807) is 0 Å². The number of carbonyl (C=O) groups is 2. The van der Waals surface area contributed by atoms with Gasteiger partial charge >= 0.3 is 0 Å². The summed E-state index contributed by atoms with van der Waals surface area (Å²) in [6.07, 6.45) is 2.57. The van der Waals surface area contributed by atoms with E-state index >= 15 is 0 Å². The number of hydrogen-bond acceptors (Lipinski definition) is 8. The Morgan fingerprint density at radius 2 is 1.97 bits per heavy atom. The third-order valence-electron chi connectivity index (χ3n) is 5.26. The third-order valence-corrected chi connectivity index (χ3v) is 7.93. The monoisotopic (exact) mass is 438 g/mol. The molecule has 0 spiro atoms. The molecule has 4 heterocycles. The summed E-state index contributed by atoms with van der Waals surface area (Å²) in [5.41, 5.74) is 0. The van der Waals surface area contributed by atoms with Gasteiger partial charge in [-0.1, -0.05) is 6.07 Å². The van der Waals surface area contributed by atoms with Gasteiger partial charge in [-0.25, -0.2) is 12.7 Å². The van der Waals surface area contributed by atoms with Crippen molar-refractivity contribution in [2.24, 2.45) is 0 Å². The fourth-order valence-electron chi connectivity index (χ4n) is 3.68. The average molecular weight is 439 g/mol. The number of rotatable bonds is 6. The maximum absolute atomic E-state index is 12.8. The summed E-state index contributed by atoms with van der Waals surface area (Å²) in [4.78, 5) is 25.8. The minimum Gasteiger partial charge on any atom is -0.420 e. The predicted octanol–water partition coefficient (Wildman–Crippen LogP) is 1.85. The van der Waals surface area contributed by atoms with Crippen molar-refractivity contribution < 1.29 is 22.4 Å². The Morgan fingerprint density at radius 1 is 1.17 bits per heavy atom. The number of aromatic nitrogens is 2. The van der Waals surface area contributed by atoms with Crippen LogP contribution in [0.1, 0.15) is 43.9 Å². The first-order chi connectivity index (χ1) is 13.9. The van der Waals surface area contributed by atoms with E-state index in [0.29, 0.717) is 44.0 Å². The van der Waals surface area contributed by atoms with Gasteiger partial charge in [-0.2, -0.15) is 0 Å². The fraction of sp³-hybridized carbons (Fsp3) is 0.556. The van der Waals surface area contributed by atoms with Crippen LogP contribution in [0, 0.1) is 0 Å². The number of likely N-dealkylation sites (tertiary alicyclic amines) is 1. The molecule has 2 aliphatic heterocycles. The van der Waals surface area contributed by atoms with E-state index in [1.165, 1.54) is 15.6 Å². The van der Waals surface area contributed by atoms with Gasteiger partial charge in [0.15, 0.2) is 0 Å². The molecule has 29 heavy (non-hydrogen) atoms.